The van der Waals surface area contributed by atoms with Gasteiger partial charge in [0.15, 0.2) is 0 Å². The fourth-order valence-electron chi connectivity index (χ4n) is 1.63. The van der Waals surface area contributed by atoms with E-state index in [1.165, 1.54) is 0 Å². The van der Waals surface area contributed by atoms with Crippen molar-refractivity contribution in [1.29, 1.82) is 0 Å². The van der Waals surface area contributed by atoms with Crippen LogP contribution in [0.4, 0.5) is 11.6 Å². The van der Waals surface area contributed by atoms with E-state index in [1.807, 2.05) is 20.8 Å². The normalized spacial score (nSPS) is 12.4. The van der Waals surface area contributed by atoms with Crippen molar-refractivity contribution in [2.24, 2.45) is 5.84 Å². The van der Waals surface area contributed by atoms with Gasteiger partial charge < -0.3 is 26.1 Å². The van der Waals surface area contributed by atoms with E-state index < -0.39 is 25.4 Å². The zero-order valence-electron chi connectivity index (χ0n) is 12.9. The van der Waals surface area contributed by atoms with E-state index in [4.69, 9.17) is 5.84 Å². The predicted molar refractivity (Wildman–Crippen MR) is 80.9 cm³/mol. The fraction of sp³-hybridized carbons (Fsp3) is 0.692. The molecule has 21 heavy (non-hydrogen) atoms. The van der Waals surface area contributed by atoms with E-state index in [0.717, 1.165) is 0 Å². The molecule has 0 atom stereocenters. The van der Waals surface area contributed by atoms with Crippen LogP contribution in [-0.4, -0.2) is 50.6 Å². The number of hydrogen-bond acceptors (Lipinski definition) is 8. The predicted octanol–water partition coefficient (Wildman–Crippen LogP) is -0.504. The summed E-state index contributed by atoms with van der Waals surface area (Å²) >= 11 is 0. The number of nitrogen functional groups attached to an aromatic ring is 1. The molecular formula is C13H25N5O3. The van der Waals surface area contributed by atoms with E-state index in [2.05, 4.69) is 20.7 Å². The number of anilines is 2. The molecule has 0 aliphatic heterocycles. The number of aromatic nitrogens is 2. The SMILES string of the molecule is Cc1c(NN)nc(C(C)(C)C)nc1NC(CO)(CO)CO. The topological polar surface area (TPSA) is 137 Å². The Morgan fingerprint density at radius 1 is 1.00 bits per heavy atom. The number of nitrogens with two attached hydrogens (primary N) is 1. The minimum absolute atomic E-state index is 0.309. The fourth-order valence-corrected chi connectivity index (χ4v) is 1.63. The summed E-state index contributed by atoms with van der Waals surface area (Å²) < 4.78 is 0. The van der Waals surface area contributed by atoms with Crippen LogP contribution < -0.4 is 16.6 Å². The molecule has 120 valence electrons. The van der Waals surface area contributed by atoms with Gasteiger partial charge in [-0.3, -0.25) is 0 Å². The molecule has 1 heterocycles. The van der Waals surface area contributed by atoms with Crippen molar-refractivity contribution in [3.8, 4) is 0 Å². The van der Waals surface area contributed by atoms with Crippen molar-refractivity contribution in [2.45, 2.75) is 38.6 Å². The van der Waals surface area contributed by atoms with Gasteiger partial charge in [-0.25, -0.2) is 15.8 Å². The van der Waals surface area contributed by atoms with Gasteiger partial charge in [-0.15, -0.1) is 0 Å². The first-order valence-corrected chi connectivity index (χ1v) is 6.69. The van der Waals surface area contributed by atoms with E-state index in [0.29, 0.717) is 23.0 Å². The van der Waals surface area contributed by atoms with Crippen molar-refractivity contribution in [1.82, 2.24) is 9.97 Å². The number of aliphatic hydroxyl groups excluding tert-OH is 3. The van der Waals surface area contributed by atoms with Crippen LogP contribution in [-0.2, 0) is 5.41 Å². The molecule has 1 aromatic rings. The molecule has 0 saturated heterocycles. The number of hydrazine groups is 1. The van der Waals surface area contributed by atoms with Gasteiger partial charge >= 0.3 is 0 Å². The summed E-state index contributed by atoms with van der Waals surface area (Å²) in [5, 5.41) is 31.2. The van der Waals surface area contributed by atoms with Crippen LogP contribution in [0.15, 0.2) is 0 Å². The number of nitrogens with one attached hydrogen (secondary N) is 2. The zero-order valence-corrected chi connectivity index (χ0v) is 12.9. The molecule has 7 N–H and O–H groups in total. The number of aliphatic hydroxyl groups is 3. The smallest absolute Gasteiger partial charge is 0.148 e. The molecule has 0 aliphatic carbocycles. The van der Waals surface area contributed by atoms with Gasteiger partial charge in [-0.05, 0) is 6.92 Å². The summed E-state index contributed by atoms with van der Waals surface area (Å²) in [6.45, 7) is 6.29. The average Bonchev–Trinajstić information content (AvgIpc) is 2.45. The molecule has 0 radical (unpaired) electrons. The number of rotatable bonds is 6. The molecule has 0 aliphatic rings. The summed E-state index contributed by atoms with van der Waals surface area (Å²) in [6.07, 6.45) is 0. The Kier molecular flexibility index (Phi) is 5.46. The van der Waals surface area contributed by atoms with Gasteiger partial charge in [0.1, 0.15) is 23.0 Å². The average molecular weight is 299 g/mol. The summed E-state index contributed by atoms with van der Waals surface area (Å²) in [5.41, 5.74) is 1.57. The van der Waals surface area contributed by atoms with Crippen LogP contribution in [0.25, 0.3) is 0 Å². The number of nitrogens with zero attached hydrogens (tertiary/aromatic N) is 2. The molecule has 0 fully saturated rings. The Morgan fingerprint density at radius 2 is 1.48 bits per heavy atom. The van der Waals surface area contributed by atoms with Gasteiger partial charge in [-0.2, -0.15) is 0 Å². The Hall–Kier alpha value is -1.48. The lowest BCUT2D eigenvalue weighted by atomic mass is 9.95. The Morgan fingerprint density at radius 3 is 1.86 bits per heavy atom. The van der Waals surface area contributed by atoms with Crippen LogP contribution in [0.1, 0.15) is 32.2 Å². The van der Waals surface area contributed by atoms with Crippen LogP contribution in [0, 0.1) is 6.92 Å². The minimum atomic E-state index is -1.26. The quantitative estimate of drug-likeness (QED) is 0.305. The molecule has 0 amide bonds. The van der Waals surface area contributed by atoms with Crippen LogP contribution >= 0.6 is 0 Å². The molecule has 0 bridgehead atoms. The lowest BCUT2D eigenvalue weighted by molar-refractivity contribution is 0.0830. The Balaban J connectivity index is 3.34. The summed E-state index contributed by atoms with van der Waals surface area (Å²) in [4.78, 5) is 8.79. The van der Waals surface area contributed by atoms with Crippen molar-refractivity contribution in [3.05, 3.63) is 11.4 Å². The standard InChI is InChI=1S/C13H25N5O3/c1-8-9(17-13(5-19,6-20)7-21)15-11(12(2,3)4)16-10(8)18-14/h19-21H,5-7,14H2,1-4H3,(H2,15,16,17,18). The third-order valence-corrected chi connectivity index (χ3v) is 3.24. The first-order valence-electron chi connectivity index (χ1n) is 6.69. The molecule has 8 nitrogen and oxygen atoms in total. The van der Waals surface area contributed by atoms with Crippen LogP contribution in [0.3, 0.4) is 0 Å². The van der Waals surface area contributed by atoms with Crippen LogP contribution in [0.5, 0.6) is 0 Å². The zero-order chi connectivity index (χ0) is 16.3. The van der Waals surface area contributed by atoms with E-state index >= 15 is 0 Å². The molecule has 8 heteroatoms. The van der Waals surface area contributed by atoms with Gasteiger partial charge in [0, 0.05) is 11.0 Å². The van der Waals surface area contributed by atoms with E-state index in [-0.39, 0.29) is 5.41 Å². The van der Waals surface area contributed by atoms with Gasteiger partial charge in [-0.1, -0.05) is 20.8 Å². The van der Waals surface area contributed by atoms with E-state index in [1.54, 1.807) is 6.92 Å². The molecule has 0 saturated carbocycles. The molecular weight excluding hydrogens is 274 g/mol. The third kappa shape index (κ3) is 3.79. The Labute approximate surface area is 124 Å². The maximum absolute atomic E-state index is 9.42. The van der Waals surface area contributed by atoms with E-state index in [9.17, 15) is 15.3 Å². The molecule has 1 aromatic heterocycles. The monoisotopic (exact) mass is 299 g/mol. The van der Waals surface area contributed by atoms with Crippen molar-refractivity contribution in [2.75, 3.05) is 30.6 Å². The highest BCUT2D eigenvalue weighted by Gasteiger charge is 2.30. The summed E-state index contributed by atoms with van der Waals surface area (Å²) in [5.74, 6) is 6.87. The first kappa shape index (κ1) is 17.6. The second kappa shape index (κ2) is 6.52. The maximum Gasteiger partial charge on any atom is 0.148 e. The highest BCUT2D eigenvalue weighted by molar-refractivity contribution is 5.58. The first-order chi connectivity index (χ1) is 9.72. The summed E-state index contributed by atoms with van der Waals surface area (Å²) in [7, 11) is 0. The molecule has 1 rings (SSSR count). The second-order valence-electron chi connectivity index (χ2n) is 6.14. The second-order valence-corrected chi connectivity index (χ2v) is 6.14. The maximum atomic E-state index is 9.42. The minimum Gasteiger partial charge on any atom is -0.394 e. The third-order valence-electron chi connectivity index (χ3n) is 3.24. The Bertz CT molecular complexity index is 475. The summed E-state index contributed by atoms with van der Waals surface area (Å²) in [6, 6.07) is 0. The molecule has 0 aromatic carbocycles. The highest BCUT2D eigenvalue weighted by Crippen LogP contribution is 2.27. The van der Waals surface area contributed by atoms with Crippen molar-refractivity contribution in [3.63, 3.8) is 0 Å². The van der Waals surface area contributed by atoms with Crippen LogP contribution in [0.2, 0.25) is 0 Å². The van der Waals surface area contributed by atoms with Gasteiger partial charge in [0.2, 0.25) is 0 Å². The molecule has 0 spiro atoms. The van der Waals surface area contributed by atoms with Crippen molar-refractivity contribution < 1.29 is 15.3 Å². The van der Waals surface area contributed by atoms with Crippen molar-refractivity contribution >= 4 is 11.6 Å². The largest absolute Gasteiger partial charge is 0.394 e. The van der Waals surface area contributed by atoms with Gasteiger partial charge in [0.25, 0.3) is 0 Å². The van der Waals surface area contributed by atoms with Gasteiger partial charge in [0.05, 0.1) is 19.8 Å². The lowest BCUT2D eigenvalue weighted by Crippen LogP contribution is -2.49. The lowest BCUT2D eigenvalue weighted by Gasteiger charge is -2.31. The highest BCUT2D eigenvalue weighted by atomic mass is 16.3. The molecule has 0 unspecified atom stereocenters. The number of hydrogen-bond donors (Lipinski definition) is 6.